The summed E-state index contributed by atoms with van der Waals surface area (Å²) in [5.41, 5.74) is 1.58. The van der Waals surface area contributed by atoms with Crippen LogP contribution in [0.4, 0.5) is 0 Å². The lowest BCUT2D eigenvalue weighted by Crippen LogP contribution is -2.29. The van der Waals surface area contributed by atoms with Gasteiger partial charge in [-0.15, -0.1) is 0 Å². The van der Waals surface area contributed by atoms with Crippen molar-refractivity contribution in [3.63, 3.8) is 0 Å². The molecule has 1 aliphatic rings. The predicted molar refractivity (Wildman–Crippen MR) is 74.7 cm³/mol. The van der Waals surface area contributed by atoms with Crippen molar-refractivity contribution in [1.29, 1.82) is 0 Å². The van der Waals surface area contributed by atoms with Gasteiger partial charge in [-0.2, -0.15) is 0 Å². The van der Waals surface area contributed by atoms with Crippen LogP contribution in [0.5, 0.6) is 0 Å². The molecule has 1 aromatic carbocycles. The summed E-state index contributed by atoms with van der Waals surface area (Å²) >= 11 is 6.33. The van der Waals surface area contributed by atoms with Crippen molar-refractivity contribution in [2.75, 3.05) is 6.54 Å². The third-order valence-corrected chi connectivity index (χ3v) is 4.28. The molecule has 1 fully saturated rings. The summed E-state index contributed by atoms with van der Waals surface area (Å²) in [5.74, 6) is 0. The molecular weight excluding hydrogens is 230 g/mol. The Bertz CT molecular complexity index is 377. The standard InChI is InChI=1S/C15H22ClN/c1-3-10-17-12-8-9-15(2,11-12)13-6-4-5-7-14(13)16/h4-7,12,17H,3,8-11H2,1-2H3. The maximum absolute atomic E-state index is 6.33. The van der Waals surface area contributed by atoms with E-state index >= 15 is 0 Å². The summed E-state index contributed by atoms with van der Waals surface area (Å²) < 4.78 is 0. The smallest absolute Gasteiger partial charge is 0.0443 e. The Morgan fingerprint density at radius 2 is 2.18 bits per heavy atom. The van der Waals surface area contributed by atoms with Gasteiger partial charge in [-0.3, -0.25) is 0 Å². The summed E-state index contributed by atoms with van der Waals surface area (Å²) in [6.45, 7) is 5.69. The van der Waals surface area contributed by atoms with Crippen LogP contribution in [0, 0.1) is 0 Å². The highest BCUT2D eigenvalue weighted by atomic mass is 35.5. The molecule has 94 valence electrons. The van der Waals surface area contributed by atoms with Crippen LogP contribution in [0.1, 0.15) is 45.1 Å². The highest BCUT2D eigenvalue weighted by molar-refractivity contribution is 6.31. The minimum absolute atomic E-state index is 0.254. The lowest BCUT2D eigenvalue weighted by Gasteiger charge is -2.26. The maximum Gasteiger partial charge on any atom is 0.0443 e. The zero-order valence-electron chi connectivity index (χ0n) is 10.8. The molecule has 2 unspecified atom stereocenters. The van der Waals surface area contributed by atoms with Gasteiger partial charge in [0, 0.05) is 11.1 Å². The number of nitrogens with one attached hydrogen (secondary N) is 1. The van der Waals surface area contributed by atoms with Crippen molar-refractivity contribution in [2.24, 2.45) is 0 Å². The van der Waals surface area contributed by atoms with E-state index in [1.807, 2.05) is 12.1 Å². The number of halogens is 1. The van der Waals surface area contributed by atoms with Crippen molar-refractivity contribution >= 4 is 11.6 Å². The molecule has 0 radical (unpaired) electrons. The number of benzene rings is 1. The quantitative estimate of drug-likeness (QED) is 0.848. The first-order valence-electron chi connectivity index (χ1n) is 6.64. The van der Waals surface area contributed by atoms with Crippen LogP contribution < -0.4 is 5.32 Å². The third kappa shape index (κ3) is 2.83. The van der Waals surface area contributed by atoms with E-state index in [2.05, 4.69) is 31.3 Å². The highest BCUT2D eigenvalue weighted by Crippen LogP contribution is 2.43. The Hall–Kier alpha value is -0.530. The normalized spacial score (nSPS) is 28.5. The van der Waals surface area contributed by atoms with Gasteiger partial charge in [-0.1, -0.05) is 43.6 Å². The first-order valence-corrected chi connectivity index (χ1v) is 7.02. The van der Waals surface area contributed by atoms with E-state index in [4.69, 9.17) is 11.6 Å². The molecular formula is C15H22ClN. The third-order valence-electron chi connectivity index (χ3n) is 3.95. The average molecular weight is 252 g/mol. The number of hydrogen-bond acceptors (Lipinski definition) is 1. The van der Waals surface area contributed by atoms with Crippen molar-refractivity contribution in [2.45, 2.75) is 51.0 Å². The fraction of sp³-hybridized carbons (Fsp3) is 0.600. The van der Waals surface area contributed by atoms with E-state index in [0.29, 0.717) is 6.04 Å². The minimum atomic E-state index is 0.254. The molecule has 0 saturated heterocycles. The fourth-order valence-corrected chi connectivity index (χ4v) is 3.32. The molecule has 2 heteroatoms. The van der Waals surface area contributed by atoms with Gasteiger partial charge < -0.3 is 5.32 Å². The minimum Gasteiger partial charge on any atom is -0.314 e. The van der Waals surface area contributed by atoms with Crippen LogP contribution >= 0.6 is 11.6 Å². The first kappa shape index (κ1) is 12.9. The maximum atomic E-state index is 6.33. The molecule has 1 saturated carbocycles. The van der Waals surface area contributed by atoms with Gasteiger partial charge in [0.25, 0.3) is 0 Å². The lowest BCUT2D eigenvalue weighted by atomic mass is 9.81. The van der Waals surface area contributed by atoms with Crippen molar-refractivity contribution in [1.82, 2.24) is 5.32 Å². The summed E-state index contributed by atoms with van der Waals surface area (Å²) in [6.07, 6.45) is 4.91. The van der Waals surface area contributed by atoms with E-state index < -0.39 is 0 Å². The molecule has 0 spiro atoms. The Labute approximate surface area is 110 Å². The first-order chi connectivity index (χ1) is 8.15. The van der Waals surface area contributed by atoms with E-state index in [-0.39, 0.29) is 5.41 Å². The zero-order chi connectivity index (χ0) is 12.3. The SMILES string of the molecule is CCCNC1CCC(C)(c2ccccc2Cl)C1. The van der Waals surface area contributed by atoms with Crippen molar-refractivity contribution < 1.29 is 0 Å². The fourth-order valence-electron chi connectivity index (χ4n) is 2.96. The second-order valence-electron chi connectivity index (χ2n) is 5.43. The molecule has 1 aromatic rings. The van der Waals surface area contributed by atoms with E-state index in [1.54, 1.807) is 0 Å². The van der Waals surface area contributed by atoms with Crippen LogP contribution in [0.3, 0.4) is 0 Å². The summed E-state index contributed by atoms with van der Waals surface area (Å²) in [5, 5.41) is 4.55. The van der Waals surface area contributed by atoms with Gasteiger partial charge in [-0.25, -0.2) is 0 Å². The molecule has 0 amide bonds. The monoisotopic (exact) mass is 251 g/mol. The van der Waals surface area contributed by atoms with E-state index in [0.717, 1.165) is 11.6 Å². The van der Waals surface area contributed by atoms with Crippen LogP contribution in [0.15, 0.2) is 24.3 Å². The summed E-state index contributed by atoms with van der Waals surface area (Å²) in [6, 6.07) is 8.96. The van der Waals surface area contributed by atoms with Gasteiger partial charge in [0.05, 0.1) is 0 Å². The van der Waals surface area contributed by atoms with Crippen LogP contribution in [0.2, 0.25) is 5.02 Å². The molecule has 2 rings (SSSR count). The van der Waals surface area contributed by atoms with Crippen molar-refractivity contribution in [3.05, 3.63) is 34.9 Å². The second-order valence-corrected chi connectivity index (χ2v) is 5.84. The molecule has 0 aromatic heterocycles. The topological polar surface area (TPSA) is 12.0 Å². The van der Waals surface area contributed by atoms with E-state index in [1.165, 1.54) is 31.2 Å². The molecule has 1 aliphatic carbocycles. The molecule has 0 heterocycles. The number of rotatable bonds is 4. The van der Waals surface area contributed by atoms with E-state index in [9.17, 15) is 0 Å². The lowest BCUT2D eigenvalue weighted by molar-refractivity contribution is 0.453. The predicted octanol–water partition coefficient (Wildman–Crippen LogP) is 4.15. The molecule has 0 aliphatic heterocycles. The van der Waals surface area contributed by atoms with Gasteiger partial charge in [0.1, 0.15) is 0 Å². The largest absolute Gasteiger partial charge is 0.314 e. The second kappa shape index (κ2) is 5.41. The molecule has 1 N–H and O–H groups in total. The zero-order valence-corrected chi connectivity index (χ0v) is 11.6. The Morgan fingerprint density at radius 1 is 1.41 bits per heavy atom. The Kier molecular flexibility index (Phi) is 4.11. The van der Waals surface area contributed by atoms with Gasteiger partial charge in [-0.05, 0) is 49.3 Å². The van der Waals surface area contributed by atoms with Gasteiger partial charge in [0.2, 0.25) is 0 Å². The summed E-state index contributed by atoms with van der Waals surface area (Å²) in [4.78, 5) is 0. The van der Waals surface area contributed by atoms with Gasteiger partial charge in [0.15, 0.2) is 0 Å². The molecule has 17 heavy (non-hydrogen) atoms. The molecule has 2 atom stereocenters. The van der Waals surface area contributed by atoms with Crippen LogP contribution in [0.25, 0.3) is 0 Å². The van der Waals surface area contributed by atoms with Crippen LogP contribution in [-0.4, -0.2) is 12.6 Å². The van der Waals surface area contributed by atoms with Crippen molar-refractivity contribution in [3.8, 4) is 0 Å². The Morgan fingerprint density at radius 3 is 2.88 bits per heavy atom. The van der Waals surface area contributed by atoms with Gasteiger partial charge >= 0.3 is 0 Å². The van der Waals surface area contributed by atoms with Crippen LogP contribution in [-0.2, 0) is 5.41 Å². The number of hydrogen-bond donors (Lipinski definition) is 1. The average Bonchev–Trinajstić information content (AvgIpc) is 2.70. The molecule has 0 bridgehead atoms. The highest BCUT2D eigenvalue weighted by Gasteiger charge is 2.37. The Balaban J connectivity index is 2.09. The summed E-state index contributed by atoms with van der Waals surface area (Å²) in [7, 11) is 0. The molecule has 1 nitrogen and oxygen atoms in total.